The molecule has 1 rings (SSSR count). The molecule has 2 heteroatoms. The molecule has 1 saturated heterocycles. The lowest BCUT2D eigenvalue weighted by Crippen LogP contribution is -3.12. The number of hydrogen-bond acceptors (Lipinski definition) is 0. The highest BCUT2D eigenvalue weighted by Crippen LogP contribution is 1.99. The van der Waals surface area contributed by atoms with Crippen LogP contribution in [0.2, 0.25) is 0 Å². The van der Waals surface area contributed by atoms with Gasteiger partial charge in [-0.05, 0) is 32.6 Å². The lowest BCUT2D eigenvalue weighted by atomic mass is 10.2. The van der Waals surface area contributed by atoms with Gasteiger partial charge in [-0.3, -0.25) is 0 Å². The Hall–Kier alpha value is -0.0800. The van der Waals surface area contributed by atoms with Crippen LogP contribution in [0.15, 0.2) is 0 Å². The molecule has 4 N–H and O–H groups in total. The molecule has 1 fully saturated rings. The first kappa shape index (κ1) is 10.0. The van der Waals surface area contributed by atoms with Gasteiger partial charge in [0.15, 0.2) is 0 Å². The fraction of sp³-hybridized carbons (Fsp3) is 1.00. The summed E-state index contributed by atoms with van der Waals surface area (Å²) in [6.45, 7) is 6.39. The van der Waals surface area contributed by atoms with Crippen LogP contribution in [0.4, 0.5) is 0 Å². The maximum atomic E-state index is 4.03. The van der Waals surface area contributed by atoms with E-state index in [2.05, 4.69) is 12.7 Å². The maximum absolute atomic E-state index is 4.03. The minimum absolute atomic E-state index is 0.640. The van der Waals surface area contributed by atoms with E-state index in [0.29, 0.717) is 6.04 Å². The minimum Gasteiger partial charge on any atom is -0.355 e. The zero-order chi connectivity index (χ0) is 8.81. The van der Waals surface area contributed by atoms with Crippen molar-refractivity contribution in [3.8, 4) is 0 Å². The Morgan fingerprint density at radius 2 is 1.75 bits per heavy atom. The number of likely N-dealkylation sites (tertiary alicyclic amines) is 1. The van der Waals surface area contributed by atoms with Gasteiger partial charge in [0, 0.05) is 6.42 Å². The predicted molar refractivity (Wildman–Crippen MR) is 51.0 cm³/mol. The molecule has 0 aromatic heterocycles. The summed E-state index contributed by atoms with van der Waals surface area (Å²) in [5, 5.41) is 0. The van der Waals surface area contributed by atoms with Gasteiger partial charge in [-0.2, -0.15) is 0 Å². The number of quaternary nitrogens is 2. The fourth-order valence-electron chi connectivity index (χ4n) is 1.93. The summed E-state index contributed by atoms with van der Waals surface area (Å²) in [6.07, 6.45) is 7.11. The normalized spacial score (nSPS) is 23.5. The third kappa shape index (κ3) is 4.07. The largest absolute Gasteiger partial charge is 0.355 e. The van der Waals surface area contributed by atoms with Gasteiger partial charge in [0.2, 0.25) is 0 Å². The molecule has 72 valence electrons. The van der Waals surface area contributed by atoms with E-state index >= 15 is 0 Å². The summed E-state index contributed by atoms with van der Waals surface area (Å²) in [5.41, 5.74) is 4.03. The van der Waals surface area contributed by atoms with Crippen LogP contribution < -0.4 is 10.6 Å². The second kappa shape index (κ2) is 5.55. The van der Waals surface area contributed by atoms with E-state index < -0.39 is 0 Å². The van der Waals surface area contributed by atoms with Crippen molar-refractivity contribution in [2.75, 3.05) is 19.6 Å². The second-order valence-electron chi connectivity index (χ2n) is 4.31. The van der Waals surface area contributed by atoms with Crippen molar-refractivity contribution >= 4 is 0 Å². The molecule has 0 spiro atoms. The molecule has 0 amide bonds. The fourth-order valence-corrected chi connectivity index (χ4v) is 1.93. The van der Waals surface area contributed by atoms with Crippen molar-refractivity contribution in [1.29, 1.82) is 0 Å². The number of rotatable bonds is 3. The van der Waals surface area contributed by atoms with E-state index in [-0.39, 0.29) is 0 Å². The van der Waals surface area contributed by atoms with Crippen LogP contribution in [0.25, 0.3) is 0 Å². The monoisotopic (exact) mass is 172 g/mol. The zero-order valence-electron chi connectivity index (χ0n) is 8.44. The zero-order valence-corrected chi connectivity index (χ0v) is 8.44. The van der Waals surface area contributed by atoms with E-state index in [1.807, 2.05) is 4.90 Å². The average molecular weight is 172 g/mol. The highest BCUT2D eigenvalue weighted by molar-refractivity contribution is 4.48. The van der Waals surface area contributed by atoms with Gasteiger partial charge in [0.1, 0.15) is 0 Å². The number of hydrogen-bond donors (Lipinski definition) is 2. The highest BCUT2D eigenvalue weighted by atomic mass is 15.1. The molecule has 1 aliphatic rings. The van der Waals surface area contributed by atoms with E-state index in [1.54, 1.807) is 0 Å². The van der Waals surface area contributed by atoms with Crippen molar-refractivity contribution in [2.24, 2.45) is 0 Å². The smallest absolute Gasteiger partial charge is 0.0869 e. The molecule has 12 heavy (non-hydrogen) atoms. The van der Waals surface area contributed by atoms with Crippen molar-refractivity contribution < 1.29 is 10.6 Å². The maximum Gasteiger partial charge on any atom is 0.0869 e. The lowest BCUT2D eigenvalue weighted by Gasteiger charge is -2.16. The predicted octanol–water partition coefficient (Wildman–Crippen LogP) is -0.534. The van der Waals surface area contributed by atoms with Crippen molar-refractivity contribution in [1.82, 2.24) is 0 Å². The third-order valence-corrected chi connectivity index (χ3v) is 2.80. The Labute approximate surface area is 76.1 Å². The molecule has 1 heterocycles. The Kier molecular flexibility index (Phi) is 4.62. The van der Waals surface area contributed by atoms with E-state index in [0.717, 1.165) is 0 Å². The quantitative estimate of drug-likeness (QED) is 0.573. The Balaban J connectivity index is 2.12. The molecule has 1 atom stereocenters. The molecule has 0 aromatic carbocycles. The molecule has 0 saturated carbocycles. The first-order chi connectivity index (χ1) is 5.79. The summed E-state index contributed by atoms with van der Waals surface area (Å²) in [6, 6.07) is 0.640. The SMILES string of the molecule is C[C@H]([NH3+])CC[NH+]1CCCCCC1. The Morgan fingerprint density at radius 1 is 1.17 bits per heavy atom. The Bertz CT molecular complexity index is 104. The van der Waals surface area contributed by atoms with Crippen LogP contribution in [0.5, 0.6) is 0 Å². The minimum atomic E-state index is 0.640. The van der Waals surface area contributed by atoms with Gasteiger partial charge in [0.25, 0.3) is 0 Å². The van der Waals surface area contributed by atoms with Crippen LogP contribution in [0, 0.1) is 0 Å². The lowest BCUT2D eigenvalue weighted by molar-refractivity contribution is -0.900. The van der Waals surface area contributed by atoms with Gasteiger partial charge >= 0.3 is 0 Å². The van der Waals surface area contributed by atoms with Crippen molar-refractivity contribution in [3.63, 3.8) is 0 Å². The van der Waals surface area contributed by atoms with Gasteiger partial charge < -0.3 is 10.6 Å². The summed E-state index contributed by atoms with van der Waals surface area (Å²) < 4.78 is 0. The standard InChI is InChI=1S/C10H22N2/c1-10(11)6-9-12-7-4-2-3-5-8-12/h10H,2-9,11H2,1H3/p+2/t10-/m0/s1. The first-order valence-electron chi connectivity index (χ1n) is 5.45. The molecule has 0 bridgehead atoms. The summed E-state index contributed by atoms with van der Waals surface area (Å²) in [4.78, 5) is 1.82. The molecule has 2 nitrogen and oxygen atoms in total. The topological polar surface area (TPSA) is 32.1 Å². The molecule has 0 unspecified atom stereocenters. The molecule has 0 aromatic rings. The molecular weight excluding hydrogens is 148 g/mol. The highest BCUT2D eigenvalue weighted by Gasteiger charge is 2.12. The van der Waals surface area contributed by atoms with Crippen LogP contribution >= 0.6 is 0 Å². The van der Waals surface area contributed by atoms with Gasteiger partial charge in [-0.15, -0.1) is 0 Å². The molecular formula is C10H24N2+2. The Morgan fingerprint density at radius 3 is 2.25 bits per heavy atom. The molecule has 0 radical (unpaired) electrons. The second-order valence-corrected chi connectivity index (χ2v) is 4.31. The van der Waals surface area contributed by atoms with Gasteiger partial charge in [-0.1, -0.05) is 0 Å². The average Bonchev–Trinajstić information content (AvgIpc) is 2.28. The van der Waals surface area contributed by atoms with Crippen LogP contribution in [0.1, 0.15) is 39.0 Å². The summed E-state index contributed by atoms with van der Waals surface area (Å²) >= 11 is 0. The molecule has 1 aliphatic heterocycles. The van der Waals surface area contributed by atoms with Gasteiger partial charge in [0.05, 0.1) is 25.7 Å². The van der Waals surface area contributed by atoms with Crippen LogP contribution in [-0.2, 0) is 0 Å². The summed E-state index contributed by atoms with van der Waals surface area (Å²) in [5.74, 6) is 0. The molecule has 0 aliphatic carbocycles. The summed E-state index contributed by atoms with van der Waals surface area (Å²) in [7, 11) is 0. The van der Waals surface area contributed by atoms with E-state index in [9.17, 15) is 0 Å². The first-order valence-corrected chi connectivity index (χ1v) is 5.45. The third-order valence-electron chi connectivity index (χ3n) is 2.80. The van der Waals surface area contributed by atoms with Crippen LogP contribution in [0.3, 0.4) is 0 Å². The van der Waals surface area contributed by atoms with Gasteiger partial charge in [-0.25, -0.2) is 0 Å². The number of nitrogens with one attached hydrogen (secondary N) is 1. The van der Waals surface area contributed by atoms with E-state index in [4.69, 9.17) is 0 Å². The van der Waals surface area contributed by atoms with Crippen molar-refractivity contribution in [3.05, 3.63) is 0 Å². The van der Waals surface area contributed by atoms with E-state index in [1.165, 1.54) is 51.7 Å². The van der Waals surface area contributed by atoms with Crippen molar-refractivity contribution in [2.45, 2.75) is 45.1 Å². The van der Waals surface area contributed by atoms with Crippen LogP contribution in [-0.4, -0.2) is 25.7 Å².